The van der Waals surface area contributed by atoms with Gasteiger partial charge in [-0.15, -0.1) is 0 Å². The third kappa shape index (κ3) is 4.85. The zero-order chi connectivity index (χ0) is 35.6. The minimum absolute atomic E-state index is 0.899. The van der Waals surface area contributed by atoms with E-state index in [0.717, 1.165) is 110 Å². The maximum atomic E-state index is 5.35. The van der Waals surface area contributed by atoms with Gasteiger partial charge >= 0.3 is 0 Å². The first kappa shape index (κ1) is 30.3. The highest BCUT2D eigenvalue weighted by Gasteiger charge is 2.19. The third-order valence-electron chi connectivity index (χ3n) is 10.6. The molecule has 0 unspecified atom stereocenters. The Labute approximate surface area is 311 Å². The van der Waals surface area contributed by atoms with Gasteiger partial charge in [0, 0.05) is 49.2 Å². The molecule has 7 aromatic carbocycles. The van der Waals surface area contributed by atoms with Gasteiger partial charge < -0.3 is 0 Å². The SMILES string of the molecule is c1ccc(-c2ccc3ccc4ccc(-c5ccc(-c6c7ccccc7nc7c6ccc6ccc(-c8ccccc8)nc67)c6ccccc56)nc4c3n2)cc1. The molecule has 0 amide bonds. The van der Waals surface area contributed by atoms with Crippen molar-refractivity contribution >= 4 is 65.3 Å². The van der Waals surface area contributed by atoms with Crippen LogP contribution in [0, 0.1) is 0 Å². The summed E-state index contributed by atoms with van der Waals surface area (Å²) in [5, 5.41) is 7.68. The van der Waals surface area contributed by atoms with E-state index in [4.69, 9.17) is 19.9 Å². The summed E-state index contributed by atoms with van der Waals surface area (Å²) in [6, 6.07) is 63.8. The van der Waals surface area contributed by atoms with Crippen LogP contribution in [0.25, 0.3) is 110 Å². The van der Waals surface area contributed by atoms with E-state index in [9.17, 15) is 0 Å². The first-order valence-electron chi connectivity index (χ1n) is 18.2. The summed E-state index contributed by atoms with van der Waals surface area (Å²) in [4.78, 5) is 21.0. The van der Waals surface area contributed by atoms with Crippen molar-refractivity contribution in [2.24, 2.45) is 0 Å². The second kappa shape index (κ2) is 12.1. The van der Waals surface area contributed by atoms with Gasteiger partial charge in [-0.2, -0.15) is 0 Å². The molecule has 0 aliphatic carbocycles. The van der Waals surface area contributed by atoms with E-state index in [-0.39, 0.29) is 0 Å². The minimum atomic E-state index is 0.899. The lowest BCUT2D eigenvalue weighted by Crippen LogP contribution is -1.95. The Kier molecular flexibility index (Phi) is 6.82. The monoisotopic (exact) mass is 686 g/mol. The lowest BCUT2D eigenvalue weighted by atomic mass is 9.89. The van der Waals surface area contributed by atoms with E-state index in [1.165, 1.54) is 0 Å². The molecule has 0 atom stereocenters. The molecular weight excluding hydrogens is 657 g/mol. The quantitative estimate of drug-likeness (QED) is 0.137. The first-order valence-corrected chi connectivity index (χ1v) is 18.2. The summed E-state index contributed by atoms with van der Waals surface area (Å²) in [7, 11) is 0. The van der Waals surface area contributed by atoms with Crippen molar-refractivity contribution in [1.29, 1.82) is 0 Å². The van der Waals surface area contributed by atoms with E-state index >= 15 is 0 Å². The van der Waals surface area contributed by atoms with Crippen molar-refractivity contribution in [1.82, 2.24) is 19.9 Å². The molecule has 0 spiro atoms. The topological polar surface area (TPSA) is 51.6 Å². The van der Waals surface area contributed by atoms with Gasteiger partial charge in [-0.25, -0.2) is 19.9 Å². The van der Waals surface area contributed by atoms with Crippen LogP contribution in [-0.4, -0.2) is 19.9 Å². The van der Waals surface area contributed by atoms with E-state index < -0.39 is 0 Å². The number of pyridine rings is 4. The van der Waals surface area contributed by atoms with Crippen LogP contribution in [0.5, 0.6) is 0 Å². The standard InChI is InChI=1S/C50H30N4/c1-3-11-31(12-4-1)42-28-22-33-19-20-34-24-30-45(53-48(34)47(33)51-42)38-26-27-39(37-16-8-7-15-36(37)38)46-40-17-9-10-18-44(40)54-50-41(46)25-21-35-23-29-43(52-49(35)50)32-13-5-2-6-14-32/h1-30H. The summed E-state index contributed by atoms with van der Waals surface area (Å²) >= 11 is 0. The number of para-hydroxylation sites is 1. The van der Waals surface area contributed by atoms with Gasteiger partial charge in [0.15, 0.2) is 0 Å². The molecule has 0 fully saturated rings. The highest BCUT2D eigenvalue weighted by molar-refractivity contribution is 6.20. The van der Waals surface area contributed by atoms with Crippen LogP contribution in [-0.2, 0) is 0 Å². The molecule has 4 heterocycles. The molecule has 0 N–H and O–H groups in total. The van der Waals surface area contributed by atoms with Crippen molar-refractivity contribution in [3.05, 3.63) is 182 Å². The number of fused-ring (bicyclic) bond motifs is 8. The number of aromatic nitrogens is 4. The van der Waals surface area contributed by atoms with Crippen molar-refractivity contribution < 1.29 is 0 Å². The molecule has 4 nitrogen and oxygen atoms in total. The summed E-state index contributed by atoms with van der Waals surface area (Å²) in [6.07, 6.45) is 0. The fraction of sp³-hybridized carbons (Fsp3) is 0. The summed E-state index contributed by atoms with van der Waals surface area (Å²) in [5.41, 5.74) is 12.9. The molecule has 11 aromatic rings. The molecule has 250 valence electrons. The maximum Gasteiger partial charge on any atom is 0.0978 e. The van der Waals surface area contributed by atoms with E-state index in [1.54, 1.807) is 0 Å². The lowest BCUT2D eigenvalue weighted by molar-refractivity contribution is 1.37. The molecule has 0 bridgehead atoms. The fourth-order valence-electron chi connectivity index (χ4n) is 8.02. The number of benzene rings is 7. The molecule has 4 heteroatoms. The average Bonchev–Trinajstić information content (AvgIpc) is 3.25. The molecule has 0 saturated heterocycles. The second-order valence-electron chi connectivity index (χ2n) is 13.8. The van der Waals surface area contributed by atoms with Gasteiger partial charge in [-0.1, -0.05) is 158 Å². The molecular formula is C50H30N4. The third-order valence-corrected chi connectivity index (χ3v) is 10.6. The summed E-state index contributed by atoms with van der Waals surface area (Å²) in [5.74, 6) is 0. The van der Waals surface area contributed by atoms with Crippen molar-refractivity contribution in [2.75, 3.05) is 0 Å². The molecule has 0 aliphatic rings. The smallest absolute Gasteiger partial charge is 0.0978 e. The van der Waals surface area contributed by atoms with Gasteiger partial charge in [0.1, 0.15) is 0 Å². The number of rotatable bonds is 4. The van der Waals surface area contributed by atoms with Crippen LogP contribution in [0.1, 0.15) is 0 Å². The van der Waals surface area contributed by atoms with Crippen molar-refractivity contribution in [3.63, 3.8) is 0 Å². The fourth-order valence-corrected chi connectivity index (χ4v) is 8.02. The molecule has 0 radical (unpaired) electrons. The summed E-state index contributed by atoms with van der Waals surface area (Å²) in [6.45, 7) is 0. The zero-order valence-electron chi connectivity index (χ0n) is 29.1. The van der Waals surface area contributed by atoms with E-state index in [1.807, 2.05) is 24.3 Å². The number of hydrogen-bond acceptors (Lipinski definition) is 4. The van der Waals surface area contributed by atoms with E-state index in [0.29, 0.717) is 0 Å². The van der Waals surface area contributed by atoms with E-state index in [2.05, 4.69) is 158 Å². The maximum absolute atomic E-state index is 5.35. The van der Waals surface area contributed by atoms with Crippen LogP contribution in [0.3, 0.4) is 0 Å². The Hall–Kier alpha value is -7.30. The highest BCUT2D eigenvalue weighted by Crippen LogP contribution is 2.43. The van der Waals surface area contributed by atoms with Gasteiger partial charge in [-0.3, -0.25) is 0 Å². The van der Waals surface area contributed by atoms with Crippen LogP contribution in [0.2, 0.25) is 0 Å². The first-order chi connectivity index (χ1) is 26.8. The van der Waals surface area contributed by atoms with Gasteiger partial charge in [0.2, 0.25) is 0 Å². The Morgan fingerprint density at radius 2 is 0.704 bits per heavy atom. The molecule has 0 aliphatic heterocycles. The van der Waals surface area contributed by atoms with Crippen LogP contribution < -0.4 is 0 Å². The second-order valence-corrected chi connectivity index (χ2v) is 13.8. The zero-order valence-corrected chi connectivity index (χ0v) is 29.1. The molecule has 11 rings (SSSR count). The molecule has 0 saturated carbocycles. The lowest BCUT2D eigenvalue weighted by Gasteiger charge is -2.17. The predicted molar refractivity (Wildman–Crippen MR) is 224 cm³/mol. The van der Waals surface area contributed by atoms with Gasteiger partial charge in [0.25, 0.3) is 0 Å². The van der Waals surface area contributed by atoms with Gasteiger partial charge in [0.05, 0.1) is 44.7 Å². The number of hydrogen-bond donors (Lipinski definition) is 0. The predicted octanol–water partition coefficient (Wildman–Crippen LogP) is 12.9. The normalized spacial score (nSPS) is 11.7. The Bertz CT molecular complexity index is 3270. The Morgan fingerprint density at radius 1 is 0.259 bits per heavy atom. The largest absolute Gasteiger partial charge is 0.245 e. The van der Waals surface area contributed by atoms with Crippen LogP contribution in [0.4, 0.5) is 0 Å². The molecule has 54 heavy (non-hydrogen) atoms. The van der Waals surface area contributed by atoms with Crippen LogP contribution >= 0.6 is 0 Å². The highest BCUT2D eigenvalue weighted by atomic mass is 14.8. The Balaban J connectivity index is 1.13. The van der Waals surface area contributed by atoms with Crippen molar-refractivity contribution in [2.45, 2.75) is 0 Å². The summed E-state index contributed by atoms with van der Waals surface area (Å²) < 4.78 is 0. The van der Waals surface area contributed by atoms with Gasteiger partial charge in [-0.05, 0) is 40.6 Å². The number of nitrogens with zero attached hydrogens (tertiary/aromatic N) is 4. The Morgan fingerprint density at radius 3 is 1.33 bits per heavy atom. The van der Waals surface area contributed by atoms with Crippen molar-refractivity contribution in [3.8, 4) is 44.9 Å². The van der Waals surface area contributed by atoms with Crippen LogP contribution in [0.15, 0.2) is 182 Å². The minimum Gasteiger partial charge on any atom is -0.245 e. The average molecular weight is 687 g/mol. The molecule has 4 aromatic heterocycles.